The summed E-state index contributed by atoms with van der Waals surface area (Å²) in [5.41, 5.74) is 6.31. The van der Waals surface area contributed by atoms with Gasteiger partial charge in [0.1, 0.15) is 18.1 Å². The number of rotatable bonds is 3. The molecule has 5 heteroatoms. The molecule has 4 nitrogen and oxygen atoms in total. The van der Waals surface area contributed by atoms with Crippen molar-refractivity contribution in [2.24, 2.45) is 0 Å². The third-order valence-corrected chi connectivity index (χ3v) is 2.67. The first-order chi connectivity index (χ1) is 7.25. The summed E-state index contributed by atoms with van der Waals surface area (Å²) in [4.78, 5) is 0.906. The molecule has 0 saturated carbocycles. The van der Waals surface area contributed by atoms with E-state index < -0.39 is 0 Å². The van der Waals surface area contributed by atoms with Gasteiger partial charge in [-0.15, -0.1) is 0 Å². The molecule has 0 unspecified atom stereocenters. The number of anilines is 1. The van der Waals surface area contributed by atoms with Crippen LogP contribution in [-0.2, 0) is 6.61 Å². The molecule has 0 aliphatic heterocycles. The Kier molecular flexibility index (Phi) is 2.73. The molecule has 0 atom stereocenters. The number of hydrogen-bond acceptors (Lipinski definition) is 5. The molecule has 0 amide bonds. The molecule has 0 aliphatic rings. The molecule has 1 aromatic carbocycles. The number of aromatic nitrogens is 1. The van der Waals surface area contributed by atoms with Crippen LogP contribution in [-0.4, -0.2) is 9.48 Å². The van der Waals surface area contributed by atoms with Crippen molar-refractivity contribution in [3.63, 3.8) is 0 Å². The van der Waals surface area contributed by atoms with E-state index in [9.17, 15) is 0 Å². The average Bonchev–Trinajstić information content (AvgIpc) is 2.63. The van der Waals surface area contributed by atoms with E-state index in [0.29, 0.717) is 18.0 Å². The van der Waals surface area contributed by atoms with Crippen molar-refractivity contribution in [1.29, 1.82) is 0 Å². The van der Waals surface area contributed by atoms with Gasteiger partial charge in [0, 0.05) is 0 Å². The molecular formula is C10H10N2O2S. The van der Waals surface area contributed by atoms with E-state index in [0.717, 1.165) is 4.88 Å². The van der Waals surface area contributed by atoms with Crippen LogP contribution in [0.1, 0.15) is 4.88 Å². The molecule has 0 aliphatic carbocycles. The zero-order valence-electron chi connectivity index (χ0n) is 7.88. The van der Waals surface area contributed by atoms with E-state index in [1.807, 2.05) is 0 Å². The number of nitrogens with zero attached hydrogens (tertiary/aromatic N) is 1. The van der Waals surface area contributed by atoms with Crippen LogP contribution in [0.15, 0.2) is 30.5 Å². The Bertz CT molecular complexity index is 439. The minimum absolute atomic E-state index is 0.222. The Hall–Kier alpha value is -1.75. The molecule has 1 heterocycles. The quantitative estimate of drug-likeness (QED) is 0.833. The van der Waals surface area contributed by atoms with Gasteiger partial charge >= 0.3 is 0 Å². The van der Waals surface area contributed by atoms with Gasteiger partial charge in [0.2, 0.25) is 0 Å². The number of nitrogens with two attached hydrogens (primary N) is 1. The summed E-state index contributed by atoms with van der Waals surface area (Å²) in [7, 11) is 0. The van der Waals surface area contributed by atoms with Gasteiger partial charge in [-0.05, 0) is 35.8 Å². The lowest BCUT2D eigenvalue weighted by Gasteiger charge is -2.04. The van der Waals surface area contributed by atoms with Gasteiger partial charge in [0.05, 0.1) is 16.8 Å². The molecule has 0 spiro atoms. The van der Waals surface area contributed by atoms with Gasteiger partial charge in [0.25, 0.3) is 0 Å². The summed E-state index contributed by atoms with van der Waals surface area (Å²) in [6, 6.07) is 6.55. The third-order valence-electron chi connectivity index (χ3n) is 1.88. The maximum absolute atomic E-state index is 9.07. The highest BCUT2D eigenvalue weighted by Crippen LogP contribution is 2.20. The van der Waals surface area contributed by atoms with Crippen LogP contribution in [0.5, 0.6) is 11.5 Å². The van der Waals surface area contributed by atoms with Gasteiger partial charge < -0.3 is 15.6 Å². The smallest absolute Gasteiger partial charge is 0.126 e. The fraction of sp³-hybridized carbons (Fsp3) is 0.100. The predicted octanol–water partition coefficient (Wildman–Crippen LogP) is 2.01. The highest BCUT2D eigenvalue weighted by molar-refractivity contribution is 7.06. The molecule has 2 rings (SSSR count). The number of aromatic hydroxyl groups is 1. The summed E-state index contributed by atoms with van der Waals surface area (Å²) in [5, 5.41) is 9.07. The fourth-order valence-electron chi connectivity index (χ4n) is 1.07. The topological polar surface area (TPSA) is 68.4 Å². The summed E-state index contributed by atoms with van der Waals surface area (Å²) >= 11 is 1.32. The first kappa shape index (κ1) is 9.79. The normalized spacial score (nSPS) is 10.1. The fourth-order valence-corrected chi connectivity index (χ4v) is 1.64. The monoisotopic (exact) mass is 222 g/mol. The molecule has 15 heavy (non-hydrogen) atoms. The van der Waals surface area contributed by atoms with Crippen molar-refractivity contribution in [2.75, 3.05) is 5.73 Å². The second-order valence-corrected chi connectivity index (χ2v) is 3.87. The standard InChI is InChI=1S/C10H10N2O2S/c11-9-5-12-15-10(9)6-14-8-3-1-7(13)2-4-8/h1-5,13H,6,11H2. The van der Waals surface area contributed by atoms with Crippen LogP contribution in [0.4, 0.5) is 5.69 Å². The third kappa shape index (κ3) is 2.38. The van der Waals surface area contributed by atoms with Crippen molar-refractivity contribution in [3.8, 4) is 11.5 Å². The van der Waals surface area contributed by atoms with Gasteiger partial charge in [-0.3, -0.25) is 0 Å². The Labute approximate surface area is 91.1 Å². The van der Waals surface area contributed by atoms with E-state index in [-0.39, 0.29) is 5.75 Å². The molecular weight excluding hydrogens is 212 g/mol. The maximum Gasteiger partial charge on any atom is 0.126 e. The Morgan fingerprint density at radius 2 is 2.07 bits per heavy atom. The van der Waals surface area contributed by atoms with Crippen molar-refractivity contribution < 1.29 is 9.84 Å². The van der Waals surface area contributed by atoms with Crippen LogP contribution in [0, 0.1) is 0 Å². The second-order valence-electron chi connectivity index (χ2n) is 2.99. The van der Waals surface area contributed by atoms with Gasteiger partial charge in [-0.25, -0.2) is 0 Å². The number of phenols is 1. The van der Waals surface area contributed by atoms with Gasteiger partial charge in [-0.1, -0.05) is 0 Å². The SMILES string of the molecule is Nc1cnsc1COc1ccc(O)cc1. The van der Waals surface area contributed by atoms with Crippen molar-refractivity contribution in [2.45, 2.75) is 6.61 Å². The lowest BCUT2D eigenvalue weighted by Crippen LogP contribution is -1.95. The Balaban J connectivity index is 1.99. The number of phenolic OH excluding ortho intramolecular Hbond substituents is 1. The first-order valence-electron chi connectivity index (χ1n) is 4.36. The second kappa shape index (κ2) is 4.18. The van der Waals surface area contributed by atoms with Crippen LogP contribution >= 0.6 is 11.5 Å². The molecule has 0 bridgehead atoms. The average molecular weight is 222 g/mol. The number of hydrogen-bond donors (Lipinski definition) is 2. The van der Waals surface area contributed by atoms with Crippen molar-refractivity contribution >= 4 is 17.2 Å². The molecule has 2 aromatic rings. The molecule has 0 fully saturated rings. The predicted molar refractivity (Wildman–Crippen MR) is 59.0 cm³/mol. The highest BCUT2D eigenvalue weighted by Gasteiger charge is 2.02. The largest absolute Gasteiger partial charge is 0.508 e. The summed E-state index contributed by atoms with van der Waals surface area (Å²) in [6.07, 6.45) is 1.61. The summed E-state index contributed by atoms with van der Waals surface area (Å²) in [5.74, 6) is 0.917. The highest BCUT2D eigenvalue weighted by atomic mass is 32.1. The number of benzene rings is 1. The number of ether oxygens (including phenoxy) is 1. The molecule has 0 radical (unpaired) electrons. The minimum atomic E-state index is 0.222. The van der Waals surface area contributed by atoms with Gasteiger partial charge in [0.15, 0.2) is 0 Å². The molecule has 78 valence electrons. The zero-order valence-corrected chi connectivity index (χ0v) is 8.70. The van der Waals surface area contributed by atoms with Crippen LogP contribution in [0.3, 0.4) is 0 Å². The van der Waals surface area contributed by atoms with Crippen LogP contribution < -0.4 is 10.5 Å². The van der Waals surface area contributed by atoms with Crippen LogP contribution in [0.25, 0.3) is 0 Å². The molecule has 1 aromatic heterocycles. The minimum Gasteiger partial charge on any atom is -0.508 e. The van der Waals surface area contributed by atoms with Crippen molar-refractivity contribution in [1.82, 2.24) is 4.37 Å². The van der Waals surface area contributed by atoms with Gasteiger partial charge in [-0.2, -0.15) is 4.37 Å². The zero-order chi connectivity index (χ0) is 10.7. The Morgan fingerprint density at radius 3 is 2.67 bits per heavy atom. The number of nitrogen functional groups attached to an aromatic ring is 1. The van der Waals surface area contributed by atoms with E-state index >= 15 is 0 Å². The first-order valence-corrected chi connectivity index (χ1v) is 5.14. The maximum atomic E-state index is 9.07. The van der Waals surface area contributed by atoms with E-state index in [1.54, 1.807) is 30.5 Å². The lowest BCUT2D eigenvalue weighted by atomic mass is 10.3. The molecule has 0 saturated heterocycles. The molecule has 3 N–H and O–H groups in total. The van der Waals surface area contributed by atoms with E-state index in [2.05, 4.69) is 4.37 Å². The van der Waals surface area contributed by atoms with E-state index in [1.165, 1.54) is 11.5 Å². The lowest BCUT2D eigenvalue weighted by molar-refractivity contribution is 0.310. The van der Waals surface area contributed by atoms with E-state index in [4.69, 9.17) is 15.6 Å². The van der Waals surface area contributed by atoms with Crippen molar-refractivity contribution in [3.05, 3.63) is 35.3 Å². The summed E-state index contributed by atoms with van der Waals surface area (Å²) < 4.78 is 9.41. The van der Waals surface area contributed by atoms with Crippen LogP contribution in [0.2, 0.25) is 0 Å². The Morgan fingerprint density at radius 1 is 1.33 bits per heavy atom. The summed E-state index contributed by atoms with van der Waals surface area (Å²) in [6.45, 7) is 0.404.